The molecule has 10 nitrogen and oxygen atoms in total. The molecular weight excluding hydrogens is 636 g/mol. The quantitative estimate of drug-likeness (QED) is 0.224. The smallest absolute Gasteiger partial charge is 0.316 e. The van der Waals surface area contributed by atoms with Crippen molar-refractivity contribution in [2.75, 3.05) is 14.2 Å². The van der Waals surface area contributed by atoms with E-state index in [1.165, 1.54) is 14.2 Å². The summed E-state index contributed by atoms with van der Waals surface area (Å²) < 4.78 is 9.91. The molecule has 0 unspecified atom stereocenters. The normalized spacial score (nSPS) is 21.7. The van der Waals surface area contributed by atoms with E-state index in [4.69, 9.17) is 19.5 Å². The van der Waals surface area contributed by atoms with Crippen LogP contribution in [0.25, 0.3) is 11.1 Å². The second-order valence-electron chi connectivity index (χ2n) is 14.3. The summed E-state index contributed by atoms with van der Waals surface area (Å²) in [4.78, 5) is 61.1. The maximum absolute atomic E-state index is 13.1. The lowest BCUT2D eigenvalue weighted by Crippen LogP contribution is -2.41. The van der Waals surface area contributed by atoms with Gasteiger partial charge in [-0.1, -0.05) is 65.8 Å². The van der Waals surface area contributed by atoms with Gasteiger partial charge in [-0.2, -0.15) is 0 Å². The third kappa shape index (κ3) is 7.79. The second-order valence-corrected chi connectivity index (χ2v) is 14.3. The fourth-order valence-corrected chi connectivity index (χ4v) is 6.94. The van der Waals surface area contributed by atoms with Gasteiger partial charge in [-0.05, 0) is 71.9 Å². The van der Waals surface area contributed by atoms with Crippen molar-refractivity contribution in [2.45, 2.75) is 80.1 Å². The summed E-state index contributed by atoms with van der Waals surface area (Å²) in [5, 5.41) is 22.4. The van der Waals surface area contributed by atoms with Crippen LogP contribution in [0.3, 0.4) is 0 Å². The van der Waals surface area contributed by atoms with Crippen LogP contribution in [-0.4, -0.2) is 59.4 Å². The van der Waals surface area contributed by atoms with E-state index in [2.05, 4.69) is 0 Å². The molecule has 266 valence electrons. The van der Waals surface area contributed by atoms with Gasteiger partial charge in [-0.15, -0.1) is 0 Å². The molecule has 0 amide bonds. The molecule has 0 aromatic heterocycles. The molecule has 50 heavy (non-hydrogen) atoms. The van der Waals surface area contributed by atoms with Gasteiger partial charge < -0.3 is 19.7 Å². The van der Waals surface area contributed by atoms with Crippen molar-refractivity contribution >= 4 is 46.3 Å². The van der Waals surface area contributed by atoms with E-state index in [1.807, 2.05) is 90.1 Å². The van der Waals surface area contributed by atoms with Gasteiger partial charge in [0.2, 0.25) is 0 Å². The number of methoxy groups -OCH3 is 2. The molecule has 0 radical (unpaired) electrons. The fraction of sp³-hybridized carbons (Fsp3) is 0.450. The lowest BCUT2D eigenvalue weighted by atomic mass is 9.67. The van der Waals surface area contributed by atoms with Gasteiger partial charge in [0.15, 0.2) is 11.6 Å². The largest absolute Gasteiger partial charge is 0.511 e. The number of carbonyl (C=O) groups is 4. The summed E-state index contributed by atoms with van der Waals surface area (Å²) in [6.45, 7) is 11.1. The molecule has 0 saturated heterocycles. The van der Waals surface area contributed by atoms with Crippen LogP contribution in [-0.2, 0) is 28.7 Å². The van der Waals surface area contributed by atoms with Gasteiger partial charge in [-0.3, -0.25) is 29.2 Å². The highest BCUT2D eigenvalue weighted by molar-refractivity contribution is 6.25. The number of aliphatic hydroxyl groups is 2. The molecule has 2 aliphatic rings. The van der Waals surface area contributed by atoms with Gasteiger partial charge in [0, 0.05) is 12.8 Å². The molecule has 2 aromatic rings. The number of carbonyl (C=O) groups excluding carboxylic acids is 4. The number of hydrogen-bond acceptors (Lipinski definition) is 10. The highest BCUT2D eigenvalue weighted by Gasteiger charge is 2.48. The molecule has 0 spiro atoms. The number of ketones is 2. The van der Waals surface area contributed by atoms with Crippen LogP contribution in [0.1, 0.15) is 80.1 Å². The minimum atomic E-state index is -0.968. The molecule has 0 saturated carbocycles. The van der Waals surface area contributed by atoms with Crippen LogP contribution in [0.4, 0.5) is 11.4 Å². The molecule has 2 aliphatic carbocycles. The molecular formula is C40H48N2O8. The zero-order valence-electron chi connectivity index (χ0n) is 30.3. The maximum atomic E-state index is 13.1. The molecule has 0 fully saturated rings. The minimum absolute atomic E-state index is 0.0905. The first-order chi connectivity index (χ1) is 23.6. The van der Waals surface area contributed by atoms with Crippen molar-refractivity contribution in [3.8, 4) is 11.1 Å². The predicted octanol–water partition coefficient (Wildman–Crippen LogP) is 8.30. The standard InChI is InChI=1S/C40H48N2O8/c1-9-11-29(43)31-27(21-39(3,4)33(35(31)45)37(47)49-7)41-25-17-13-23(14-18-25)24-15-19-26(20-16-24)42-28-22-40(5,6)34(38(48)50-8)36(46)32(28)30(44)12-10-2/h13-20,33-34,45-46H,9-12,21-22H2,1-8H3/t33-,34-/m1/s1. The fourth-order valence-electron chi connectivity index (χ4n) is 6.94. The third-order valence-electron chi connectivity index (χ3n) is 9.43. The number of Topliss-reactive ketones (excluding diaryl/α,β-unsaturated/α-hetero) is 2. The van der Waals surface area contributed by atoms with Gasteiger partial charge >= 0.3 is 11.9 Å². The molecule has 2 N–H and O–H groups in total. The summed E-state index contributed by atoms with van der Waals surface area (Å²) in [7, 11) is 2.53. The van der Waals surface area contributed by atoms with Crippen LogP contribution < -0.4 is 0 Å². The first-order valence-electron chi connectivity index (χ1n) is 17.0. The van der Waals surface area contributed by atoms with E-state index in [0.29, 0.717) is 48.5 Å². The van der Waals surface area contributed by atoms with Crippen molar-refractivity contribution in [1.29, 1.82) is 0 Å². The number of esters is 2. The molecule has 0 bridgehead atoms. The van der Waals surface area contributed by atoms with Crippen molar-refractivity contribution in [3.63, 3.8) is 0 Å². The Hall–Kier alpha value is -4.86. The molecule has 4 rings (SSSR count). The van der Waals surface area contributed by atoms with Crippen molar-refractivity contribution in [3.05, 3.63) is 71.2 Å². The van der Waals surface area contributed by atoms with Crippen molar-refractivity contribution < 1.29 is 38.9 Å². The first-order valence-corrected chi connectivity index (χ1v) is 17.0. The van der Waals surface area contributed by atoms with Crippen molar-refractivity contribution in [2.24, 2.45) is 32.7 Å². The summed E-state index contributed by atoms with van der Waals surface area (Å²) in [6.07, 6.45) is 2.19. The number of aliphatic hydroxyl groups excluding tert-OH is 2. The predicted molar refractivity (Wildman–Crippen MR) is 193 cm³/mol. The molecule has 2 atom stereocenters. The second kappa shape index (κ2) is 15.4. The van der Waals surface area contributed by atoms with Crippen LogP contribution >= 0.6 is 0 Å². The zero-order valence-corrected chi connectivity index (χ0v) is 30.3. The number of aliphatic imine (C=N–C) groups is 2. The van der Waals surface area contributed by atoms with Crippen LogP contribution in [0.5, 0.6) is 0 Å². The summed E-state index contributed by atoms with van der Waals surface area (Å²) in [6, 6.07) is 14.9. The Bertz CT molecular complexity index is 1640. The van der Waals surface area contributed by atoms with Gasteiger partial charge in [0.05, 0.1) is 48.2 Å². The average molecular weight is 685 g/mol. The van der Waals surface area contributed by atoms with Gasteiger partial charge in [0.1, 0.15) is 23.4 Å². The Kier molecular flexibility index (Phi) is 11.7. The van der Waals surface area contributed by atoms with E-state index >= 15 is 0 Å². The first kappa shape index (κ1) is 38.0. The minimum Gasteiger partial charge on any atom is -0.511 e. The van der Waals surface area contributed by atoms with Gasteiger partial charge in [-0.25, -0.2) is 0 Å². The summed E-state index contributed by atoms with van der Waals surface area (Å²) in [5.74, 6) is -4.23. The Morgan fingerprint density at radius 1 is 0.640 bits per heavy atom. The number of rotatable bonds is 11. The zero-order chi connectivity index (χ0) is 37.0. The summed E-state index contributed by atoms with van der Waals surface area (Å²) in [5.41, 5.74) is 2.58. The Labute approximate surface area is 294 Å². The lowest BCUT2D eigenvalue weighted by molar-refractivity contribution is -0.150. The van der Waals surface area contributed by atoms with Crippen LogP contribution in [0.2, 0.25) is 0 Å². The highest BCUT2D eigenvalue weighted by Crippen LogP contribution is 2.45. The van der Waals surface area contributed by atoms with Crippen molar-refractivity contribution in [1.82, 2.24) is 0 Å². The van der Waals surface area contributed by atoms with E-state index in [1.54, 1.807) is 0 Å². The molecule has 10 heteroatoms. The molecule has 0 heterocycles. The number of hydrogen-bond donors (Lipinski definition) is 2. The third-order valence-corrected chi connectivity index (χ3v) is 9.43. The Morgan fingerprint density at radius 3 is 1.24 bits per heavy atom. The Balaban J connectivity index is 1.65. The van der Waals surface area contributed by atoms with E-state index in [9.17, 15) is 29.4 Å². The van der Waals surface area contributed by atoms with E-state index in [0.717, 1.165) is 11.1 Å². The lowest BCUT2D eigenvalue weighted by Gasteiger charge is -2.37. The number of allylic oxidation sites excluding steroid dienone is 2. The number of ether oxygens (including phenoxy) is 2. The monoisotopic (exact) mass is 684 g/mol. The molecule has 2 aromatic carbocycles. The highest BCUT2D eigenvalue weighted by atomic mass is 16.5. The average Bonchev–Trinajstić information content (AvgIpc) is 3.04. The topological polar surface area (TPSA) is 152 Å². The van der Waals surface area contributed by atoms with E-state index in [-0.39, 0.29) is 47.1 Å². The number of benzene rings is 2. The molecule has 0 aliphatic heterocycles. The van der Waals surface area contributed by atoms with E-state index < -0.39 is 34.6 Å². The SMILES string of the molecule is CCCC(=O)C1=C(O)[C@H](C(=O)OC)C(C)(C)CC1=Nc1ccc(-c2ccc(N=C3CC(C)(C)[C@@H](C(=O)OC)C(O)=C3C(=O)CCC)cc2)cc1. The number of nitrogens with zero attached hydrogens (tertiary/aromatic N) is 2. The maximum Gasteiger partial charge on any atom is 0.316 e. The van der Waals surface area contributed by atoms with Crippen LogP contribution in [0.15, 0.2) is 81.2 Å². The van der Waals surface area contributed by atoms with Crippen LogP contribution in [0, 0.1) is 22.7 Å². The van der Waals surface area contributed by atoms with Gasteiger partial charge in [0.25, 0.3) is 0 Å². The summed E-state index contributed by atoms with van der Waals surface area (Å²) >= 11 is 0. The Morgan fingerprint density at radius 2 is 0.960 bits per heavy atom.